The molecule has 0 aliphatic heterocycles. The van der Waals surface area contributed by atoms with Crippen molar-refractivity contribution in [3.8, 4) is 0 Å². The van der Waals surface area contributed by atoms with Gasteiger partial charge in [-0.3, -0.25) is 9.20 Å². The molecule has 1 N–H and O–H groups in total. The van der Waals surface area contributed by atoms with Crippen LogP contribution in [-0.2, 0) is 0 Å². The second kappa shape index (κ2) is 4.64. The van der Waals surface area contributed by atoms with E-state index in [1.807, 2.05) is 16.0 Å². The van der Waals surface area contributed by atoms with E-state index in [0.717, 1.165) is 15.3 Å². The number of fused-ring (bicyclic) bond motifs is 3. The quantitative estimate of drug-likeness (QED) is 0.607. The number of hydrogen-bond acceptors (Lipinski definition) is 4. The summed E-state index contributed by atoms with van der Waals surface area (Å²) in [6.07, 6.45) is 1.92. The van der Waals surface area contributed by atoms with Gasteiger partial charge in [-0.1, -0.05) is 12.1 Å². The molecule has 0 aliphatic carbocycles. The molecule has 0 saturated carbocycles. The van der Waals surface area contributed by atoms with Gasteiger partial charge < -0.3 is 5.32 Å². The highest BCUT2D eigenvalue weighted by Gasteiger charge is 2.16. The molecule has 4 nitrogen and oxygen atoms in total. The van der Waals surface area contributed by atoms with Gasteiger partial charge in [0.1, 0.15) is 10.6 Å². The maximum Gasteiger partial charge on any atom is 0.265 e. The third-order valence-electron chi connectivity index (χ3n) is 3.09. The van der Waals surface area contributed by atoms with E-state index in [2.05, 4.69) is 10.3 Å². The Morgan fingerprint density at radius 2 is 2.19 bits per heavy atom. The molecule has 0 radical (unpaired) electrons. The summed E-state index contributed by atoms with van der Waals surface area (Å²) in [6.45, 7) is 0. The number of benzene rings is 1. The van der Waals surface area contributed by atoms with E-state index in [9.17, 15) is 9.18 Å². The molecule has 1 aromatic carbocycles. The van der Waals surface area contributed by atoms with Crippen molar-refractivity contribution in [3.05, 3.63) is 52.6 Å². The van der Waals surface area contributed by atoms with Crippen LogP contribution in [-0.4, -0.2) is 15.3 Å². The normalized spacial score (nSPS) is 11.3. The van der Waals surface area contributed by atoms with Crippen molar-refractivity contribution in [2.45, 2.75) is 0 Å². The lowest BCUT2D eigenvalue weighted by Gasteiger charge is -2.03. The van der Waals surface area contributed by atoms with Gasteiger partial charge >= 0.3 is 0 Å². The monoisotopic (exact) mass is 317 g/mol. The fourth-order valence-electron chi connectivity index (χ4n) is 2.11. The molecule has 4 rings (SSSR count). The van der Waals surface area contributed by atoms with Crippen molar-refractivity contribution in [1.82, 2.24) is 9.38 Å². The minimum atomic E-state index is -0.450. The van der Waals surface area contributed by atoms with Gasteiger partial charge in [0.2, 0.25) is 0 Å². The Morgan fingerprint density at radius 1 is 1.33 bits per heavy atom. The topological polar surface area (TPSA) is 46.4 Å². The number of nitrogens with one attached hydrogen (secondary N) is 1. The van der Waals surface area contributed by atoms with E-state index in [-0.39, 0.29) is 11.6 Å². The Hall–Kier alpha value is -2.25. The first-order valence-electron chi connectivity index (χ1n) is 6.13. The number of carbonyl (C=O) groups is 1. The Labute approximate surface area is 126 Å². The highest BCUT2D eigenvalue weighted by atomic mass is 32.1. The third-order valence-corrected chi connectivity index (χ3v) is 4.86. The Balaban J connectivity index is 1.70. The van der Waals surface area contributed by atoms with Gasteiger partial charge in [0.05, 0.1) is 16.1 Å². The van der Waals surface area contributed by atoms with Crippen LogP contribution in [0.5, 0.6) is 0 Å². The fourth-order valence-corrected chi connectivity index (χ4v) is 3.80. The van der Waals surface area contributed by atoms with E-state index < -0.39 is 5.82 Å². The average molecular weight is 317 g/mol. The summed E-state index contributed by atoms with van der Waals surface area (Å²) in [6, 6.07) is 7.88. The SMILES string of the molecule is O=C(Nc1ccccc1F)c1cc2c(nc3sccn32)s1. The zero-order chi connectivity index (χ0) is 14.4. The molecule has 0 saturated heterocycles. The van der Waals surface area contributed by atoms with E-state index in [4.69, 9.17) is 0 Å². The highest BCUT2D eigenvalue weighted by Crippen LogP contribution is 2.28. The van der Waals surface area contributed by atoms with Crippen LogP contribution in [0.15, 0.2) is 41.9 Å². The Morgan fingerprint density at radius 3 is 3.05 bits per heavy atom. The molecule has 3 heterocycles. The van der Waals surface area contributed by atoms with E-state index in [1.54, 1.807) is 29.5 Å². The molecule has 0 spiro atoms. The van der Waals surface area contributed by atoms with E-state index >= 15 is 0 Å². The van der Waals surface area contributed by atoms with Gasteiger partial charge in [0, 0.05) is 11.6 Å². The Kier molecular flexibility index (Phi) is 2.76. The number of thiophene rings is 1. The van der Waals surface area contributed by atoms with Gasteiger partial charge in [0.25, 0.3) is 5.91 Å². The smallest absolute Gasteiger partial charge is 0.265 e. The van der Waals surface area contributed by atoms with E-state index in [0.29, 0.717) is 4.88 Å². The van der Waals surface area contributed by atoms with Gasteiger partial charge in [-0.25, -0.2) is 9.37 Å². The molecule has 0 fully saturated rings. The molecule has 4 aromatic rings. The van der Waals surface area contributed by atoms with Crippen molar-refractivity contribution in [2.75, 3.05) is 5.32 Å². The summed E-state index contributed by atoms with van der Waals surface area (Å²) < 4.78 is 15.5. The molecule has 1 amide bonds. The standard InChI is InChI=1S/C14H8FN3OS2/c15-8-3-1-2-4-9(8)16-12(19)11-7-10-13(21-11)17-14-18(10)5-6-20-14/h1-7H,(H,16,19). The number of imidazole rings is 1. The molecular weight excluding hydrogens is 309 g/mol. The number of anilines is 1. The number of thiazole rings is 1. The Bertz CT molecular complexity index is 969. The summed E-state index contributed by atoms with van der Waals surface area (Å²) in [5.74, 6) is -0.777. The van der Waals surface area contributed by atoms with Crippen LogP contribution in [0, 0.1) is 5.82 Å². The summed E-state index contributed by atoms with van der Waals surface area (Å²) in [5.41, 5.74) is 1.08. The number of nitrogens with zero attached hydrogens (tertiary/aromatic N) is 2. The van der Waals surface area contributed by atoms with Crippen LogP contribution in [0.1, 0.15) is 9.67 Å². The van der Waals surface area contributed by atoms with E-state index in [1.165, 1.54) is 23.5 Å². The first-order valence-corrected chi connectivity index (χ1v) is 7.83. The van der Waals surface area contributed by atoms with Crippen LogP contribution in [0.3, 0.4) is 0 Å². The maximum atomic E-state index is 13.6. The summed E-state index contributed by atoms with van der Waals surface area (Å²) in [5, 5.41) is 4.52. The third kappa shape index (κ3) is 2.01. The van der Waals surface area contributed by atoms with Crippen molar-refractivity contribution < 1.29 is 9.18 Å². The number of para-hydroxylation sites is 1. The number of rotatable bonds is 2. The number of amides is 1. The second-order valence-corrected chi connectivity index (χ2v) is 6.31. The first-order chi connectivity index (χ1) is 10.2. The van der Waals surface area contributed by atoms with Crippen LogP contribution < -0.4 is 5.32 Å². The summed E-state index contributed by atoms with van der Waals surface area (Å²) in [7, 11) is 0. The van der Waals surface area contributed by atoms with Gasteiger partial charge in [0.15, 0.2) is 4.96 Å². The predicted molar refractivity (Wildman–Crippen MR) is 82.8 cm³/mol. The van der Waals surface area contributed by atoms with Crippen LogP contribution >= 0.6 is 22.7 Å². The summed E-state index contributed by atoms with van der Waals surface area (Å²) >= 11 is 2.85. The van der Waals surface area contributed by atoms with Crippen molar-refractivity contribution in [1.29, 1.82) is 0 Å². The molecule has 0 aliphatic rings. The molecular formula is C14H8FN3OS2. The van der Waals surface area contributed by atoms with Crippen molar-refractivity contribution in [3.63, 3.8) is 0 Å². The van der Waals surface area contributed by atoms with Gasteiger partial charge in [-0.15, -0.1) is 22.7 Å². The minimum absolute atomic E-state index is 0.178. The zero-order valence-electron chi connectivity index (χ0n) is 10.5. The second-order valence-electron chi connectivity index (χ2n) is 4.40. The molecule has 7 heteroatoms. The predicted octanol–water partition coefficient (Wildman–Crippen LogP) is 4.00. The largest absolute Gasteiger partial charge is 0.319 e. The molecule has 3 aromatic heterocycles. The van der Waals surface area contributed by atoms with Crippen molar-refractivity contribution in [2.24, 2.45) is 0 Å². The lowest BCUT2D eigenvalue weighted by molar-refractivity contribution is 0.103. The fraction of sp³-hybridized carbons (Fsp3) is 0. The highest BCUT2D eigenvalue weighted by molar-refractivity contribution is 7.21. The van der Waals surface area contributed by atoms with Gasteiger partial charge in [-0.2, -0.15) is 0 Å². The molecule has 0 bridgehead atoms. The van der Waals surface area contributed by atoms with Crippen LogP contribution in [0.25, 0.3) is 15.3 Å². The van der Waals surface area contributed by atoms with Gasteiger partial charge in [-0.05, 0) is 18.2 Å². The average Bonchev–Trinajstić information content (AvgIpc) is 3.12. The maximum absolute atomic E-state index is 13.6. The lowest BCUT2D eigenvalue weighted by atomic mass is 10.3. The number of carbonyl (C=O) groups excluding carboxylic acids is 1. The lowest BCUT2D eigenvalue weighted by Crippen LogP contribution is -2.11. The minimum Gasteiger partial charge on any atom is -0.319 e. The number of aromatic nitrogens is 2. The van der Waals surface area contributed by atoms with Crippen LogP contribution in [0.4, 0.5) is 10.1 Å². The molecule has 104 valence electrons. The molecule has 0 atom stereocenters. The molecule has 21 heavy (non-hydrogen) atoms. The number of hydrogen-bond donors (Lipinski definition) is 1. The number of halogens is 1. The summed E-state index contributed by atoms with van der Waals surface area (Å²) in [4.78, 5) is 18.9. The zero-order valence-corrected chi connectivity index (χ0v) is 12.2. The van der Waals surface area contributed by atoms with Crippen molar-refractivity contribution >= 4 is 49.6 Å². The van der Waals surface area contributed by atoms with Crippen LogP contribution in [0.2, 0.25) is 0 Å². The molecule has 0 unspecified atom stereocenters. The first kappa shape index (κ1) is 12.5.